The van der Waals surface area contributed by atoms with Crippen LogP contribution in [0.25, 0.3) is 22.8 Å². The van der Waals surface area contributed by atoms with E-state index in [1.807, 2.05) is 47.1 Å². The van der Waals surface area contributed by atoms with Crippen molar-refractivity contribution < 1.29 is 9.47 Å². The van der Waals surface area contributed by atoms with E-state index in [1.54, 1.807) is 14.2 Å². The van der Waals surface area contributed by atoms with Crippen molar-refractivity contribution in [1.82, 2.24) is 14.8 Å². The van der Waals surface area contributed by atoms with Gasteiger partial charge < -0.3 is 9.47 Å². The minimum atomic E-state index is 0.718. The highest BCUT2D eigenvalue weighted by Crippen LogP contribution is 2.34. The fourth-order valence-corrected chi connectivity index (χ4v) is 2.74. The standard InChI is InChI=1S/C17H15N3O2/c1-21-13-5-3-4-11(8-13)16-18-17-15-7-6-14(22-2)9-12(15)10-20(17)19-16/h3-9H,10H2,1-2H3. The number of methoxy groups -OCH3 is 2. The van der Waals surface area contributed by atoms with Crippen LogP contribution in [0.3, 0.4) is 0 Å². The molecule has 1 aromatic heterocycles. The lowest BCUT2D eigenvalue weighted by atomic mass is 10.1. The Morgan fingerprint density at radius 1 is 1.00 bits per heavy atom. The van der Waals surface area contributed by atoms with Crippen molar-refractivity contribution in [2.24, 2.45) is 0 Å². The Labute approximate surface area is 128 Å². The summed E-state index contributed by atoms with van der Waals surface area (Å²) in [6, 6.07) is 13.8. The van der Waals surface area contributed by atoms with E-state index >= 15 is 0 Å². The van der Waals surface area contributed by atoms with Gasteiger partial charge in [-0.05, 0) is 35.9 Å². The van der Waals surface area contributed by atoms with Gasteiger partial charge in [0.2, 0.25) is 0 Å². The summed E-state index contributed by atoms with van der Waals surface area (Å²) in [4.78, 5) is 4.69. The lowest BCUT2D eigenvalue weighted by Crippen LogP contribution is -1.96. The summed E-state index contributed by atoms with van der Waals surface area (Å²) in [5.74, 6) is 3.28. The Morgan fingerprint density at radius 2 is 1.82 bits per heavy atom. The van der Waals surface area contributed by atoms with Crippen LogP contribution in [-0.4, -0.2) is 29.0 Å². The molecule has 4 rings (SSSR count). The van der Waals surface area contributed by atoms with E-state index in [0.29, 0.717) is 0 Å². The van der Waals surface area contributed by atoms with Gasteiger partial charge in [-0.2, -0.15) is 5.10 Å². The SMILES string of the molecule is COc1cccc(-c2nc3n(n2)Cc2cc(OC)ccc2-3)c1. The van der Waals surface area contributed by atoms with Crippen LogP contribution in [0.15, 0.2) is 42.5 Å². The van der Waals surface area contributed by atoms with E-state index in [4.69, 9.17) is 9.47 Å². The van der Waals surface area contributed by atoms with E-state index in [1.165, 1.54) is 5.56 Å². The van der Waals surface area contributed by atoms with Crippen molar-refractivity contribution in [3.8, 4) is 34.3 Å². The summed E-state index contributed by atoms with van der Waals surface area (Å²) in [7, 11) is 3.33. The first-order valence-corrected chi connectivity index (χ1v) is 7.05. The summed E-state index contributed by atoms with van der Waals surface area (Å²) in [5.41, 5.74) is 3.25. The third-order valence-electron chi connectivity index (χ3n) is 3.87. The van der Waals surface area contributed by atoms with Gasteiger partial charge in [0.25, 0.3) is 0 Å². The number of benzene rings is 2. The molecule has 0 spiro atoms. The quantitative estimate of drug-likeness (QED) is 0.582. The highest BCUT2D eigenvalue weighted by molar-refractivity contribution is 5.69. The van der Waals surface area contributed by atoms with Crippen LogP contribution in [0.1, 0.15) is 5.56 Å². The molecule has 0 bridgehead atoms. The number of nitrogens with zero attached hydrogens (tertiary/aromatic N) is 3. The van der Waals surface area contributed by atoms with Crippen molar-refractivity contribution in [2.75, 3.05) is 14.2 Å². The molecule has 0 radical (unpaired) electrons. The van der Waals surface area contributed by atoms with Crippen molar-refractivity contribution in [3.63, 3.8) is 0 Å². The summed E-state index contributed by atoms with van der Waals surface area (Å²) < 4.78 is 12.5. The fourth-order valence-electron chi connectivity index (χ4n) is 2.74. The molecule has 0 unspecified atom stereocenters. The van der Waals surface area contributed by atoms with Crippen LogP contribution in [-0.2, 0) is 6.54 Å². The molecule has 0 amide bonds. The minimum absolute atomic E-state index is 0.718. The van der Waals surface area contributed by atoms with Crippen LogP contribution >= 0.6 is 0 Å². The third-order valence-corrected chi connectivity index (χ3v) is 3.87. The number of hydrogen-bond donors (Lipinski definition) is 0. The Balaban J connectivity index is 1.76. The van der Waals surface area contributed by atoms with Gasteiger partial charge in [0.05, 0.1) is 20.8 Å². The van der Waals surface area contributed by atoms with Gasteiger partial charge in [-0.25, -0.2) is 9.67 Å². The molecular formula is C17H15N3O2. The van der Waals surface area contributed by atoms with Gasteiger partial charge in [0, 0.05) is 11.1 Å². The lowest BCUT2D eigenvalue weighted by molar-refractivity contribution is 0.414. The van der Waals surface area contributed by atoms with Gasteiger partial charge in [0.1, 0.15) is 11.5 Å². The highest BCUT2D eigenvalue weighted by Gasteiger charge is 2.23. The molecule has 2 aromatic carbocycles. The van der Waals surface area contributed by atoms with Crippen LogP contribution < -0.4 is 9.47 Å². The van der Waals surface area contributed by atoms with Gasteiger partial charge in [0.15, 0.2) is 11.6 Å². The maximum absolute atomic E-state index is 5.27. The molecule has 0 saturated carbocycles. The number of fused-ring (bicyclic) bond motifs is 3. The van der Waals surface area contributed by atoms with Gasteiger partial charge in [-0.3, -0.25) is 0 Å². The van der Waals surface area contributed by atoms with Crippen molar-refractivity contribution in [3.05, 3.63) is 48.0 Å². The molecule has 0 atom stereocenters. The predicted molar refractivity (Wildman–Crippen MR) is 83.1 cm³/mol. The second-order valence-electron chi connectivity index (χ2n) is 5.17. The largest absolute Gasteiger partial charge is 0.497 e. The molecule has 0 N–H and O–H groups in total. The van der Waals surface area contributed by atoms with Crippen LogP contribution in [0, 0.1) is 0 Å². The van der Waals surface area contributed by atoms with E-state index in [-0.39, 0.29) is 0 Å². The second-order valence-corrected chi connectivity index (χ2v) is 5.17. The number of aromatic nitrogens is 3. The first-order valence-electron chi connectivity index (χ1n) is 7.05. The number of ether oxygens (including phenoxy) is 2. The Bertz CT molecular complexity index is 855. The van der Waals surface area contributed by atoms with E-state index in [0.717, 1.165) is 40.8 Å². The summed E-state index contributed by atoms with van der Waals surface area (Å²) in [6.45, 7) is 0.721. The third kappa shape index (κ3) is 1.94. The topological polar surface area (TPSA) is 49.2 Å². The highest BCUT2D eigenvalue weighted by atomic mass is 16.5. The molecule has 22 heavy (non-hydrogen) atoms. The molecule has 1 aliphatic heterocycles. The normalized spacial score (nSPS) is 11.9. The Hall–Kier alpha value is -2.82. The van der Waals surface area contributed by atoms with E-state index in [9.17, 15) is 0 Å². The first-order chi connectivity index (χ1) is 10.8. The van der Waals surface area contributed by atoms with Gasteiger partial charge >= 0.3 is 0 Å². The molecule has 110 valence electrons. The van der Waals surface area contributed by atoms with Crippen LogP contribution in [0.2, 0.25) is 0 Å². The molecule has 0 saturated heterocycles. The van der Waals surface area contributed by atoms with E-state index in [2.05, 4.69) is 10.1 Å². The molecule has 5 heteroatoms. The Kier molecular flexibility index (Phi) is 2.85. The maximum atomic E-state index is 5.27. The van der Waals surface area contributed by atoms with Gasteiger partial charge in [-0.1, -0.05) is 12.1 Å². The van der Waals surface area contributed by atoms with Crippen molar-refractivity contribution in [1.29, 1.82) is 0 Å². The summed E-state index contributed by atoms with van der Waals surface area (Å²) in [5, 5.41) is 4.62. The number of hydrogen-bond acceptors (Lipinski definition) is 4. The molecule has 0 fully saturated rings. The molecule has 5 nitrogen and oxygen atoms in total. The maximum Gasteiger partial charge on any atom is 0.181 e. The van der Waals surface area contributed by atoms with Gasteiger partial charge in [-0.15, -0.1) is 0 Å². The van der Waals surface area contributed by atoms with Crippen LogP contribution in [0.5, 0.6) is 11.5 Å². The summed E-state index contributed by atoms with van der Waals surface area (Å²) >= 11 is 0. The predicted octanol–water partition coefficient (Wildman–Crippen LogP) is 2.99. The Morgan fingerprint density at radius 3 is 2.64 bits per heavy atom. The zero-order chi connectivity index (χ0) is 15.1. The lowest BCUT2D eigenvalue weighted by Gasteiger charge is -2.03. The average molecular weight is 293 g/mol. The van der Waals surface area contributed by atoms with Crippen molar-refractivity contribution in [2.45, 2.75) is 6.54 Å². The molecule has 3 aromatic rings. The van der Waals surface area contributed by atoms with Crippen LogP contribution in [0.4, 0.5) is 0 Å². The molecule has 1 aliphatic rings. The zero-order valence-electron chi connectivity index (χ0n) is 12.4. The van der Waals surface area contributed by atoms with Crippen molar-refractivity contribution >= 4 is 0 Å². The number of rotatable bonds is 3. The molecule has 0 aliphatic carbocycles. The molecular weight excluding hydrogens is 278 g/mol. The summed E-state index contributed by atoms with van der Waals surface area (Å²) in [6.07, 6.45) is 0. The zero-order valence-corrected chi connectivity index (χ0v) is 12.4. The second kappa shape index (κ2) is 4.87. The van der Waals surface area contributed by atoms with E-state index < -0.39 is 0 Å². The monoisotopic (exact) mass is 293 g/mol. The minimum Gasteiger partial charge on any atom is -0.497 e. The average Bonchev–Trinajstić information content (AvgIpc) is 3.11. The smallest absolute Gasteiger partial charge is 0.181 e. The fraction of sp³-hybridized carbons (Fsp3) is 0.176. The first kappa shape index (κ1) is 12.9. The molecule has 2 heterocycles.